The summed E-state index contributed by atoms with van der Waals surface area (Å²) in [5, 5.41) is 32.1. The normalized spacial score (nSPS) is 23.9. The van der Waals surface area contributed by atoms with Crippen LogP contribution in [0.2, 0.25) is 0 Å². The first-order chi connectivity index (χ1) is 21.1. The highest BCUT2D eigenvalue weighted by molar-refractivity contribution is 5.36. The number of aliphatic hydroxyl groups excluding tert-OH is 1. The van der Waals surface area contributed by atoms with Crippen molar-refractivity contribution >= 4 is 0 Å². The van der Waals surface area contributed by atoms with Crippen LogP contribution in [-0.2, 0) is 17.7 Å². The molecule has 0 amide bonds. The van der Waals surface area contributed by atoms with Gasteiger partial charge in [-0.05, 0) is 61.7 Å². The van der Waals surface area contributed by atoms with Crippen molar-refractivity contribution in [1.29, 1.82) is 0 Å². The first-order valence-electron chi connectivity index (χ1n) is 17.8. The van der Waals surface area contributed by atoms with Gasteiger partial charge in [0.1, 0.15) is 5.75 Å². The average molecular weight is 433 g/mol. The Balaban J connectivity index is 2.28. The van der Waals surface area contributed by atoms with E-state index in [1.54, 1.807) is 5.32 Å². The summed E-state index contributed by atoms with van der Waals surface area (Å²) in [6.07, 6.45) is -17.2. The number of hydrogen-bond donors (Lipinski definition) is 4. The van der Waals surface area contributed by atoms with E-state index in [9.17, 15) is 15.3 Å². The molecule has 2 aromatic carbocycles. The Morgan fingerprint density at radius 2 is 1.87 bits per heavy atom. The molecule has 2 rings (SSSR count). The van der Waals surface area contributed by atoms with Crippen LogP contribution in [0.25, 0.3) is 0 Å². The lowest BCUT2D eigenvalue weighted by atomic mass is 10.1. The van der Waals surface area contributed by atoms with Gasteiger partial charge in [-0.2, -0.15) is 0 Å². The minimum absolute atomic E-state index is 0.211. The van der Waals surface area contributed by atoms with Crippen molar-refractivity contribution in [2.45, 2.75) is 57.4 Å². The average Bonchev–Trinajstić information content (AvgIpc) is 2.94. The van der Waals surface area contributed by atoms with Gasteiger partial charge in [0, 0.05) is 39.0 Å². The SMILES string of the molecule is [2H]c1c([2H])c(C(O)CNC([2H])([2H])C([2H])([2H])C([2H])([2H])C([2H])([2H])C([2H])([2H])C([2H])([2H])OCCCCc2ccccc2)c([2H])c(C([2H])([2H])O)c1O. The highest BCUT2D eigenvalue weighted by Gasteiger charge is 2.09. The molecule has 30 heavy (non-hydrogen) atoms. The smallest absolute Gasteiger partial charge is 0.121 e. The zero-order valence-corrected chi connectivity index (χ0v) is 16.2. The molecule has 0 aliphatic heterocycles. The van der Waals surface area contributed by atoms with Gasteiger partial charge in [0.15, 0.2) is 0 Å². The Hall–Kier alpha value is -1.92. The van der Waals surface area contributed by atoms with Crippen LogP contribution in [0.4, 0.5) is 0 Å². The van der Waals surface area contributed by atoms with Crippen LogP contribution >= 0.6 is 0 Å². The minimum atomic E-state index is -4.16. The van der Waals surface area contributed by atoms with Gasteiger partial charge >= 0.3 is 0 Å². The van der Waals surface area contributed by atoms with Gasteiger partial charge in [-0.15, -0.1) is 0 Å². The van der Waals surface area contributed by atoms with Gasteiger partial charge in [-0.1, -0.05) is 49.1 Å². The summed E-state index contributed by atoms with van der Waals surface area (Å²) in [6, 6.07) is 5.94. The molecule has 1 unspecified atom stereocenters. The molecular formula is C25H37NO4. The fourth-order valence-corrected chi connectivity index (χ4v) is 2.31. The van der Waals surface area contributed by atoms with E-state index in [1.807, 2.05) is 30.3 Å². The molecule has 0 aliphatic rings. The van der Waals surface area contributed by atoms with E-state index >= 15 is 0 Å². The Labute approximate surface area is 204 Å². The van der Waals surface area contributed by atoms with Crippen molar-refractivity contribution in [3.63, 3.8) is 0 Å². The molecule has 0 fully saturated rings. The van der Waals surface area contributed by atoms with E-state index in [-0.39, 0.29) is 6.42 Å². The van der Waals surface area contributed by atoms with E-state index in [0.29, 0.717) is 12.8 Å². The second-order valence-corrected chi connectivity index (χ2v) is 6.04. The third-order valence-electron chi connectivity index (χ3n) is 3.82. The summed E-state index contributed by atoms with van der Waals surface area (Å²) < 4.78 is 142. The van der Waals surface area contributed by atoms with Gasteiger partial charge < -0.3 is 25.4 Å². The molecule has 0 spiro atoms. The highest BCUT2D eigenvalue weighted by atomic mass is 16.5. The van der Waals surface area contributed by atoms with Crippen molar-refractivity contribution in [1.82, 2.24) is 5.32 Å². The lowest BCUT2D eigenvalue weighted by Crippen LogP contribution is -2.22. The zero-order valence-electron chi connectivity index (χ0n) is 33.2. The number of aliphatic hydroxyl groups is 2. The van der Waals surface area contributed by atoms with Crippen molar-refractivity contribution in [2.75, 3.05) is 26.2 Å². The van der Waals surface area contributed by atoms with Crippen molar-refractivity contribution in [3.8, 4) is 5.75 Å². The number of nitrogens with one attached hydrogen (secondary N) is 1. The number of aromatic hydroxyl groups is 1. The topological polar surface area (TPSA) is 82.0 Å². The predicted octanol–water partition coefficient (Wildman–Crippen LogP) is 4.11. The first-order valence-corrected chi connectivity index (χ1v) is 9.26. The molecule has 5 heteroatoms. The van der Waals surface area contributed by atoms with Gasteiger partial charge in [0.05, 0.1) is 22.3 Å². The Morgan fingerprint density at radius 1 is 1.07 bits per heavy atom. The largest absolute Gasteiger partial charge is 0.508 e. The monoisotopic (exact) mass is 432 g/mol. The zero-order chi connectivity index (χ0) is 36.6. The number of phenols is 1. The lowest BCUT2D eigenvalue weighted by Gasteiger charge is -2.14. The maximum Gasteiger partial charge on any atom is 0.121 e. The lowest BCUT2D eigenvalue weighted by molar-refractivity contribution is 0.126. The van der Waals surface area contributed by atoms with Crippen LogP contribution in [0.5, 0.6) is 5.75 Å². The summed E-state index contributed by atoms with van der Waals surface area (Å²) in [5.74, 6) is -1.27. The van der Waals surface area contributed by atoms with Gasteiger partial charge in [-0.25, -0.2) is 0 Å². The van der Waals surface area contributed by atoms with Gasteiger partial charge in [0.2, 0.25) is 0 Å². The highest BCUT2D eigenvalue weighted by Crippen LogP contribution is 2.22. The summed E-state index contributed by atoms with van der Waals surface area (Å²) in [7, 11) is 0. The molecule has 166 valence electrons. The molecule has 0 radical (unpaired) electrons. The van der Waals surface area contributed by atoms with Gasteiger partial charge in [0.25, 0.3) is 0 Å². The Kier molecular flexibility index (Phi) is 4.84. The van der Waals surface area contributed by atoms with Gasteiger partial charge in [-0.3, -0.25) is 0 Å². The van der Waals surface area contributed by atoms with E-state index in [0.717, 1.165) is 5.56 Å². The summed E-state index contributed by atoms with van der Waals surface area (Å²) in [6.45, 7) is -12.2. The maximum absolute atomic E-state index is 10.6. The number of hydrogen-bond acceptors (Lipinski definition) is 5. The molecule has 0 saturated carbocycles. The third kappa shape index (κ3) is 9.72. The van der Waals surface area contributed by atoms with Crippen LogP contribution < -0.4 is 5.32 Å². The second kappa shape index (κ2) is 15.0. The second-order valence-electron chi connectivity index (χ2n) is 6.04. The van der Waals surface area contributed by atoms with Crippen molar-refractivity contribution < 1.29 is 43.4 Å². The van der Waals surface area contributed by atoms with Crippen LogP contribution in [-0.4, -0.2) is 41.5 Å². The molecule has 0 heterocycles. The molecule has 1 atom stereocenters. The minimum Gasteiger partial charge on any atom is -0.508 e. The molecule has 0 aromatic heterocycles. The summed E-state index contributed by atoms with van der Waals surface area (Å²) in [5.41, 5.74) is -1.10. The summed E-state index contributed by atoms with van der Waals surface area (Å²) in [4.78, 5) is 0. The third-order valence-corrected chi connectivity index (χ3v) is 3.82. The van der Waals surface area contributed by atoms with Crippen LogP contribution in [0.3, 0.4) is 0 Å². The van der Waals surface area contributed by atoms with Crippen LogP contribution in [0.1, 0.15) is 84.4 Å². The molecule has 0 aliphatic carbocycles. The van der Waals surface area contributed by atoms with Crippen molar-refractivity contribution in [3.05, 3.63) is 65.1 Å². The first kappa shape index (κ1) is 9.70. The van der Waals surface area contributed by atoms with E-state index in [1.165, 1.54) is 0 Å². The molecule has 0 bridgehead atoms. The maximum atomic E-state index is 10.6. The van der Waals surface area contributed by atoms with E-state index in [4.69, 9.17) is 28.0 Å². The number of rotatable bonds is 16. The number of ether oxygens (including phenoxy) is 1. The van der Waals surface area contributed by atoms with Crippen LogP contribution in [0.15, 0.2) is 48.5 Å². The van der Waals surface area contributed by atoms with E-state index < -0.39 is 99.4 Å². The Morgan fingerprint density at radius 3 is 2.67 bits per heavy atom. The predicted molar refractivity (Wildman–Crippen MR) is 121 cm³/mol. The van der Waals surface area contributed by atoms with E-state index in [2.05, 4.69) is 0 Å². The fraction of sp³-hybridized carbons (Fsp3) is 0.520. The number of unbranched alkanes of at least 4 members (excludes halogenated alkanes) is 1. The van der Waals surface area contributed by atoms with Crippen molar-refractivity contribution in [2.24, 2.45) is 0 Å². The summed E-state index contributed by atoms with van der Waals surface area (Å²) >= 11 is 0. The van der Waals surface area contributed by atoms with Crippen LogP contribution in [0, 0.1) is 0 Å². The number of benzene rings is 2. The molecule has 0 saturated heterocycles. The standard InChI is InChI=1S/C25H37NO4/c27-20-23-18-22(13-14-24(23)28)25(29)19-26-15-7-1-2-8-16-30-17-9-6-12-21-10-4-3-5-11-21/h3-5,10-11,13-14,18,25-29H,1-2,6-9,12,15-17,19-20H2/i1D2,2D2,7D2,8D2,13D,14D,15D2,16D2,18D,20D2. The molecule has 2 aromatic rings. The number of aryl methyl sites for hydroxylation is 1. The molecule has 4 N–H and O–H groups in total. The molecule has 5 nitrogen and oxygen atoms in total. The Bertz CT molecular complexity index is 1380. The fourth-order valence-electron chi connectivity index (χ4n) is 2.31. The molecular weight excluding hydrogens is 378 g/mol. The quantitative estimate of drug-likeness (QED) is 0.300.